The van der Waals surface area contributed by atoms with Crippen LogP contribution in [0.25, 0.3) is 0 Å². The second-order valence-electron chi connectivity index (χ2n) is 5.67. The van der Waals surface area contributed by atoms with Crippen LogP contribution in [0.2, 0.25) is 0 Å². The number of rotatable bonds is 5. The van der Waals surface area contributed by atoms with Crippen molar-refractivity contribution >= 4 is 35.8 Å². The summed E-state index contributed by atoms with van der Waals surface area (Å²) >= 11 is 0. The molecule has 1 aliphatic carbocycles. The molecular formula is C18H23IN4O. The van der Waals surface area contributed by atoms with E-state index in [2.05, 4.69) is 15.3 Å². The van der Waals surface area contributed by atoms with Crippen molar-refractivity contribution in [2.75, 3.05) is 5.32 Å². The Bertz CT molecular complexity index is 657. The Hall–Kier alpha value is -1.83. The Morgan fingerprint density at radius 3 is 2.67 bits per heavy atom. The molecule has 1 aromatic heterocycles. The summed E-state index contributed by atoms with van der Waals surface area (Å²) in [5.41, 5.74) is 6.97. The summed E-state index contributed by atoms with van der Waals surface area (Å²) < 4.78 is 6.11. The molecule has 0 amide bonds. The first-order chi connectivity index (χ1) is 11.3. The van der Waals surface area contributed by atoms with Crippen molar-refractivity contribution in [1.29, 1.82) is 0 Å². The van der Waals surface area contributed by atoms with Gasteiger partial charge in [-0.2, -0.15) is 0 Å². The molecular weight excluding hydrogens is 415 g/mol. The number of guanidine groups is 1. The monoisotopic (exact) mass is 438 g/mol. The molecule has 6 heteroatoms. The maximum absolute atomic E-state index is 6.11. The SMILES string of the molecule is I.NC(=NCc1ccccc1OC1CCCC1)Nc1ccccn1. The third kappa shape index (κ3) is 5.36. The zero-order chi connectivity index (χ0) is 15.9. The van der Waals surface area contributed by atoms with E-state index in [-0.39, 0.29) is 24.0 Å². The number of para-hydroxylation sites is 1. The van der Waals surface area contributed by atoms with E-state index in [9.17, 15) is 0 Å². The first kappa shape index (κ1) is 18.5. The van der Waals surface area contributed by atoms with E-state index in [1.807, 2.05) is 42.5 Å². The van der Waals surface area contributed by atoms with Gasteiger partial charge in [-0.1, -0.05) is 24.3 Å². The smallest absolute Gasteiger partial charge is 0.194 e. The summed E-state index contributed by atoms with van der Waals surface area (Å²) in [6.45, 7) is 0.481. The summed E-state index contributed by atoms with van der Waals surface area (Å²) in [6, 6.07) is 13.6. The minimum absolute atomic E-state index is 0. The van der Waals surface area contributed by atoms with E-state index >= 15 is 0 Å². The molecule has 128 valence electrons. The van der Waals surface area contributed by atoms with Crippen LogP contribution in [-0.4, -0.2) is 17.0 Å². The van der Waals surface area contributed by atoms with Gasteiger partial charge in [0.2, 0.25) is 0 Å². The maximum atomic E-state index is 6.11. The highest BCUT2D eigenvalue weighted by Gasteiger charge is 2.17. The molecule has 1 aliphatic rings. The van der Waals surface area contributed by atoms with E-state index in [0.29, 0.717) is 24.4 Å². The fourth-order valence-corrected chi connectivity index (χ4v) is 2.71. The number of pyridine rings is 1. The largest absolute Gasteiger partial charge is 0.490 e. The summed E-state index contributed by atoms with van der Waals surface area (Å²) in [4.78, 5) is 8.55. The zero-order valence-corrected chi connectivity index (χ0v) is 15.9. The van der Waals surface area contributed by atoms with Gasteiger partial charge in [0.05, 0.1) is 12.6 Å². The van der Waals surface area contributed by atoms with Crippen molar-refractivity contribution in [1.82, 2.24) is 4.98 Å². The summed E-state index contributed by atoms with van der Waals surface area (Å²) in [6.07, 6.45) is 6.84. The fourth-order valence-electron chi connectivity index (χ4n) is 2.71. The van der Waals surface area contributed by atoms with Crippen molar-refractivity contribution in [3.63, 3.8) is 0 Å². The highest BCUT2D eigenvalue weighted by Crippen LogP contribution is 2.27. The first-order valence-electron chi connectivity index (χ1n) is 8.04. The van der Waals surface area contributed by atoms with E-state index < -0.39 is 0 Å². The van der Waals surface area contributed by atoms with Crippen molar-refractivity contribution in [3.05, 3.63) is 54.2 Å². The van der Waals surface area contributed by atoms with E-state index in [4.69, 9.17) is 10.5 Å². The molecule has 0 saturated heterocycles. The van der Waals surface area contributed by atoms with Gasteiger partial charge in [0.15, 0.2) is 5.96 Å². The predicted octanol–water partition coefficient (Wildman–Crippen LogP) is 3.95. The molecule has 1 heterocycles. The molecule has 0 unspecified atom stereocenters. The van der Waals surface area contributed by atoms with Crippen LogP contribution in [0.3, 0.4) is 0 Å². The first-order valence-corrected chi connectivity index (χ1v) is 8.04. The van der Waals surface area contributed by atoms with Gasteiger partial charge in [0.25, 0.3) is 0 Å². The molecule has 0 spiro atoms. The summed E-state index contributed by atoms with van der Waals surface area (Å²) in [5.74, 6) is 1.94. The number of halogens is 1. The van der Waals surface area contributed by atoms with Gasteiger partial charge in [-0.25, -0.2) is 9.98 Å². The average Bonchev–Trinajstić information content (AvgIpc) is 3.08. The summed E-state index contributed by atoms with van der Waals surface area (Å²) in [5, 5.41) is 2.98. The predicted molar refractivity (Wildman–Crippen MR) is 108 cm³/mol. The third-order valence-electron chi connectivity index (χ3n) is 3.91. The average molecular weight is 438 g/mol. The lowest BCUT2D eigenvalue weighted by Gasteiger charge is -2.15. The number of hydrogen-bond acceptors (Lipinski definition) is 3. The standard InChI is InChI=1S/C18H22N4O.HI/c19-18(22-17-11-5-6-12-20-17)21-13-14-7-1-4-10-16(14)23-15-8-2-3-9-15;/h1,4-7,10-12,15H,2-3,8-9,13H2,(H3,19,20,21,22);1H. The van der Waals surface area contributed by atoms with Gasteiger partial charge >= 0.3 is 0 Å². The Kier molecular flexibility index (Phi) is 7.30. The molecule has 0 radical (unpaired) electrons. The minimum atomic E-state index is 0. The molecule has 0 bridgehead atoms. The lowest BCUT2D eigenvalue weighted by molar-refractivity contribution is 0.208. The van der Waals surface area contributed by atoms with Crippen molar-refractivity contribution < 1.29 is 4.74 Å². The van der Waals surface area contributed by atoms with E-state index in [1.165, 1.54) is 12.8 Å². The molecule has 3 N–H and O–H groups in total. The second kappa shape index (κ2) is 9.46. The van der Waals surface area contributed by atoms with Crippen LogP contribution < -0.4 is 15.8 Å². The number of nitrogens with zero attached hydrogens (tertiary/aromatic N) is 2. The van der Waals surface area contributed by atoms with Crippen LogP contribution in [0.15, 0.2) is 53.7 Å². The zero-order valence-electron chi connectivity index (χ0n) is 13.5. The molecule has 5 nitrogen and oxygen atoms in total. The normalized spacial score (nSPS) is 14.9. The van der Waals surface area contributed by atoms with E-state index in [0.717, 1.165) is 24.2 Å². The fraction of sp³-hybridized carbons (Fsp3) is 0.333. The molecule has 0 atom stereocenters. The third-order valence-corrected chi connectivity index (χ3v) is 3.91. The van der Waals surface area contributed by atoms with Gasteiger partial charge in [0, 0.05) is 11.8 Å². The van der Waals surface area contributed by atoms with Crippen LogP contribution in [-0.2, 0) is 6.54 Å². The van der Waals surface area contributed by atoms with Crippen LogP contribution in [0.5, 0.6) is 5.75 Å². The van der Waals surface area contributed by atoms with Crippen LogP contribution in [0.4, 0.5) is 5.82 Å². The number of hydrogen-bond donors (Lipinski definition) is 2. The summed E-state index contributed by atoms with van der Waals surface area (Å²) in [7, 11) is 0. The maximum Gasteiger partial charge on any atom is 0.194 e. The highest BCUT2D eigenvalue weighted by molar-refractivity contribution is 14.0. The number of nitrogens with one attached hydrogen (secondary N) is 1. The van der Waals surface area contributed by atoms with Gasteiger partial charge in [-0.05, 0) is 43.9 Å². The van der Waals surface area contributed by atoms with Gasteiger partial charge in [-0.3, -0.25) is 0 Å². The second-order valence-corrected chi connectivity index (χ2v) is 5.67. The highest BCUT2D eigenvalue weighted by atomic mass is 127. The molecule has 2 aromatic rings. The number of aromatic nitrogens is 1. The number of aliphatic imine (C=N–C) groups is 1. The molecule has 3 rings (SSSR count). The molecule has 1 fully saturated rings. The van der Waals surface area contributed by atoms with Crippen molar-refractivity contribution in [2.45, 2.75) is 38.3 Å². The van der Waals surface area contributed by atoms with Gasteiger partial charge < -0.3 is 15.8 Å². The number of nitrogens with two attached hydrogens (primary N) is 1. The minimum Gasteiger partial charge on any atom is -0.490 e. The Morgan fingerprint density at radius 1 is 1.17 bits per heavy atom. The molecule has 24 heavy (non-hydrogen) atoms. The number of benzene rings is 1. The van der Waals surface area contributed by atoms with E-state index in [1.54, 1.807) is 6.20 Å². The molecule has 1 saturated carbocycles. The van der Waals surface area contributed by atoms with Crippen molar-refractivity contribution in [3.8, 4) is 5.75 Å². The molecule has 1 aromatic carbocycles. The number of ether oxygens (including phenoxy) is 1. The Morgan fingerprint density at radius 2 is 1.92 bits per heavy atom. The topological polar surface area (TPSA) is 72.5 Å². The van der Waals surface area contributed by atoms with Crippen molar-refractivity contribution in [2.24, 2.45) is 10.7 Å². The Balaban J connectivity index is 0.00000208. The quantitative estimate of drug-likeness (QED) is 0.421. The van der Waals surface area contributed by atoms with Gasteiger partial charge in [0.1, 0.15) is 11.6 Å². The molecule has 0 aliphatic heterocycles. The number of anilines is 1. The Labute approximate surface area is 159 Å². The van der Waals surface area contributed by atoms with Crippen LogP contribution >= 0.6 is 24.0 Å². The lowest BCUT2D eigenvalue weighted by Crippen LogP contribution is -2.23. The lowest BCUT2D eigenvalue weighted by atomic mass is 10.2. The van der Waals surface area contributed by atoms with Crippen LogP contribution in [0, 0.1) is 0 Å². The van der Waals surface area contributed by atoms with Gasteiger partial charge in [-0.15, -0.1) is 24.0 Å². The van der Waals surface area contributed by atoms with Crippen LogP contribution in [0.1, 0.15) is 31.2 Å².